The molecule has 0 aliphatic carbocycles. The minimum absolute atomic E-state index is 0.576. The molecule has 14 heavy (non-hydrogen) atoms. The van der Waals surface area contributed by atoms with Gasteiger partial charge in [-0.3, -0.25) is 0 Å². The third-order valence-electron chi connectivity index (χ3n) is 2.94. The standard InChI is InChI=1S/C12H21NO/c1-4-6-12(14)7-5-9-13(10-8-12)11(2)3/h11,14H,5,7-10H2,1-3H3. The van der Waals surface area contributed by atoms with Gasteiger partial charge in [0.2, 0.25) is 0 Å². The summed E-state index contributed by atoms with van der Waals surface area (Å²) < 4.78 is 0. The second-order valence-corrected chi connectivity index (χ2v) is 4.39. The first-order valence-corrected chi connectivity index (χ1v) is 5.48. The fourth-order valence-electron chi connectivity index (χ4n) is 2.01. The van der Waals surface area contributed by atoms with Crippen LogP contribution >= 0.6 is 0 Å². The van der Waals surface area contributed by atoms with Crippen molar-refractivity contribution in [2.75, 3.05) is 13.1 Å². The van der Waals surface area contributed by atoms with E-state index in [2.05, 4.69) is 30.6 Å². The first-order chi connectivity index (χ1) is 6.57. The highest BCUT2D eigenvalue weighted by Gasteiger charge is 2.28. The lowest BCUT2D eigenvalue weighted by Crippen LogP contribution is -2.33. The van der Waals surface area contributed by atoms with Gasteiger partial charge in [0.05, 0.1) is 0 Å². The van der Waals surface area contributed by atoms with Gasteiger partial charge in [-0.25, -0.2) is 0 Å². The van der Waals surface area contributed by atoms with Gasteiger partial charge in [0.25, 0.3) is 0 Å². The Bertz CT molecular complexity index is 238. The van der Waals surface area contributed by atoms with Crippen molar-refractivity contribution in [3.05, 3.63) is 0 Å². The molecule has 0 saturated carbocycles. The van der Waals surface area contributed by atoms with Gasteiger partial charge in [-0.15, -0.1) is 5.92 Å². The van der Waals surface area contributed by atoms with E-state index in [1.54, 1.807) is 6.92 Å². The van der Waals surface area contributed by atoms with Gasteiger partial charge in [-0.1, -0.05) is 5.92 Å². The van der Waals surface area contributed by atoms with Gasteiger partial charge in [0.15, 0.2) is 0 Å². The molecule has 1 fully saturated rings. The smallest absolute Gasteiger partial charge is 0.126 e. The molecule has 0 spiro atoms. The maximum atomic E-state index is 10.2. The van der Waals surface area contributed by atoms with Crippen LogP contribution in [0.2, 0.25) is 0 Å². The summed E-state index contributed by atoms with van der Waals surface area (Å²) in [5.74, 6) is 5.77. The van der Waals surface area contributed by atoms with Gasteiger partial charge >= 0.3 is 0 Å². The van der Waals surface area contributed by atoms with Gasteiger partial charge in [-0.05, 0) is 40.2 Å². The van der Waals surface area contributed by atoms with Crippen molar-refractivity contribution in [1.82, 2.24) is 4.90 Å². The van der Waals surface area contributed by atoms with E-state index < -0.39 is 5.60 Å². The minimum Gasteiger partial charge on any atom is -0.378 e. The van der Waals surface area contributed by atoms with Crippen molar-refractivity contribution in [3.63, 3.8) is 0 Å². The Morgan fingerprint density at radius 2 is 2.00 bits per heavy atom. The molecule has 1 rings (SSSR count). The van der Waals surface area contributed by atoms with Gasteiger partial charge in [-0.2, -0.15) is 0 Å². The maximum Gasteiger partial charge on any atom is 0.126 e. The van der Waals surface area contributed by atoms with Crippen LogP contribution in [0.15, 0.2) is 0 Å². The Morgan fingerprint density at radius 3 is 2.57 bits per heavy atom. The van der Waals surface area contributed by atoms with E-state index in [4.69, 9.17) is 0 Å². The molecule has 1 aliphatic rings. The molecule has 0 radical (unpaired) electrons. The largest absolute Gasteiger partial charge is 0.378 e. The molecule has 1 saturated heterocycles. The monoisotopic (exact) mass is 195 g/mol. The summed E-state index contributed by atoms with van der Waals surface area (Å²) in [5, 5.41) is 10.2. The summed E-state index contributed by atoms with van der Waals surface area (Å²) in [4.78, 5) is 2.41. The van der Waals surface area contributed by atoms with E-state index in [9.17, 15) is 5.11 Å². The maximum absolute atomic E-state index is 10.2. The second kappa shape index (κ2) is 4.82. The van der Waals surface area contributed by atoms with E-state index in [0.717, 1.165) is 32.4 Å². The molecule has 0 amide bonds. The van der Waals surface area contributed by atoms with Crippen molar-refractivity contribution in [1.29, 1.82) is 0 Å². The number of hydrogen-bond acceptors (Lipinski definition) is 2. The normalized spacial score (nSPS) is 29.5. The summed E-state index contributed by atoms with van der Waals surface area (Å²) in [7, 11) is 0. The zero-order valence-corrected chi connectivity index (χ0v) is 9.51. The van der Waals surface area contributed by atoms with Crippen molar-refractivity contribution >= 4 is 0 Å². The predicted molar refractivity (Wildman–Crippen MR) is 59.0 cm³/mol. The van der Waals surface area contributed by atoms with Crippen molar-refractivity contribution < 1.29 is 5.11 Å². The first kappa shape index (κ1) is 11.6. The minimum atomic E-state index is -0.724. The summed E-state index contributed by atoms with van der Waals surface area (Å²) in [6, 6.07) is 0.576. The molecule has 2 heteroatoms. The summed E-state index contributed by atoms with van der Waals surface area (Å²) in [6.07, 6.45) is 2.65. The van der Waals surface area contributed by atoms with Gasteiger partial charge in [0, 0.05) is 19.0 Å². The number of aliphatic hydroxyl groups is 1. The highest BCUT2D eigenvalue weighted by molar-refractivity contribution is 5.13. The molecule has 80 valence electrons. The average molecular weight is 195 g/mol. The molecule has 0 aromatic carbocycles. The van der Waals surface area contributed by atoms with Crippen LogP contribution < -0.4 is 0 Å². The molecule has 0 aromatic heterocycles. The van der Waals surface area contributed by atoms with Crippen LogP contribution in [-0.4, -0.2) is 34.7 Å². The highest BCUT2D eigenvalue weighted by Crippen LogP contribution is 2.22. The Kier molecular flexibility index (Phi) is 3.97. The third-order valence-corrected chi connectivity index (χ3v) is 2.94. The Morgan fingerprint density at radius 1 is 1.29 bits per heavy atom. The second-order valence-electron chi connectivity index (χ2n) is 4.39. The average Bonchev–Trinajstić information content (AvgIpc) is 2.28. The molecule has 1 atom stereocenters. The lowest BCUT2D eigenvalue weighted by Gasteiger charge is -2.25. The first-order valence-electron chi connectivity index (χ1n) is 5.48. The molecule has 1 unspecified atom stereocenters. The topological polar surface area (TPSA) is 23.5 Å². The molecular weight excluding hydrogens is 174 g/mol. The van der Waals surface area contributed by atoms with Crippen LogP contribution in [0.1, 0.15) is 40.0 Å². The van der Waals surface area contributed by atoms with Crippen molar-refractivity contribution in [2.45, 2.75) is 51.7 Å². The van der Waals surface area contributed by atoms with Gasteiger partial charge < -0.3 is 10.0 Å². The van der Waals surface area contributed by atoms with Crippen LogP contribution in [0.5, 0.6) is 0 Å². The van der Waals surface area contributed by atoms with E-state index in [-0.39, 0.29) is 0 Å². The zero-order valence-electron chi connectivity index (χ0n) is 9.51. The van der Waals surface area contributed by atoms with Crippen LogP contribution in [0, 0.1) is 11.8 Å². The fraction of sp³-hybridized carbons (Fsp3) is 0.833. The summed E-state index contributed by atoms with van der Waals surface area (Å²) in [6.45, 7) is 8.25. The van der Waals surface area contributed by atoms with Crippen molar-refractivity contribution in [3.8, 4) is 11.8 Å². The predicted octanol–water partition coefficient (Wildman–Crippen LogP) is 1.64. The lowest BCUT2D eigenvalue weighted by atomic mass is 9.96. The zero-order chi connectivity index (χ0) is 10.6. The lowest BCUT2D eigenvalue weighted by molar-refractivity contribution is 0.0831. The number of rotatable bonds is 1. The third kappa shape index (κ3) is 3.01. The number of hydrogen-bond donors (Lipinski definition) is 1. The molecule has 1 heterocycles. The summed E-state index contributed by atoms with van der Waals surface area (Å²) in [5.41, 5.74) is -0.724. The molecule has 0 bridgehead atoms. The number of nitrogens with zero attached hydrogens (tertiary/aromatic N) is 1. The fourth-order valence-corrected chi connectivity index (χ4v) is 2.01. The van der Waals surface area contributed by atoms with E-state index in [1.807, 2.05) is 0 Å². The van der Waals surface area contributed by atoms with Crippen LogP contribution in [0.25, 0.3) is 0 Å². The molecule has 1 N–H and O–H groups in total. The van der Waals surface area contributed by atoms with Crippen LogP contribution in [0.3, 0.4) is 0 Å². The molecule has 0 aromatic rings. The van der Waals surface area contributed by atoms with E-state index in [0.29, 0.717) is 6.04 Å². The molecule has 1 aliphatic heterocycles. The molecule has 2 nitrogen and oxygen atoms in total. The molecular formula is C12H21NO. The Balaban J connectivity index is 2.59. The Hall–Kier alpha value is -0.520. The van der Waals surface area contributed by atoms with E-state index >= 15 is 0 Å². The summed E-state index contributed by atoms with van der Waals surface area (Å²) >= 11 is 0. The number of likely N-dealkylation sites (tertiary alicyclic amines) is 1. The SMILES string of the molecule is CC#CC1(O)CCCN(C(C)C)CC1. The van der Waals surface area contributed by atoms with Gasteiger partial charge in [0.1, 0.15) is 5.60 Å². The van der Waals surface area contributed by atoms with Crippen LogP contribution in [-0.2, 0) is 0 Å². The quantitative estimate of drug-likeness (QED) is 0.643. The van der Waals surface area contributed by atoms with Crippen LogP contribution in [0.4, 0.5) is 0 Å². The highest BCUT2D eigenvalue weighted by atomic mass is 16.3. The van der Waals surface area contributed by atoms with E-state index in [1.165, 1.54) is 0 Å². The van der Waals surface area contributed by atoms with Crippen molar-refractivity contribution in [2.24, 2.45) is 0 Å². The Labute approximate surface area is 87.3 Å².